The van der Waals surface area contributed by atoms with Crippen LogP contribution in [0.4, 0.5) is 5.82 Å². The van der Waals surface area contributed by atoms with Gasteiger partial charge in [0.15, 0.2) is 0 Å². The first kappa shape index (κ1) is 15.2. The number of hydrogen-bond donors (Lipinski definition) is 1. The molecule has 0 aromatic carbocycles. The summed E-state index contributed by atoms with van der Waals surface area (Å²) in [6, 6.07) is 1.69. The third kappa shape index (κ3) is 3.09. The summed E-state index contributed by atoms with van der Waals surface area (Å²) < 4.78 is 26.3. The van der Waals surface area contributed by atoms with E-state index in [9.17, 15) is 8.42 Å². The highest BCUT2D eigenvalue weighted by atomic mass is 32.2. The zero-order chi connectivity index (χ0) is 14.8. The van der Waals surface area contributed by atoms with Crippen molar-refractivity contribution < 1.29 is 8.42 Å². The van der Waals surface area contributed by atoms with Crippen LogP contribution < -0.4 is 5.32 Å². The lowest BCUT2D eigenvalue weighted by Crippen LogP contribution is -2.33. The molecule has 0 spiro atoms. The van der Waals surface area contributed by atoms with Gasteiger partial charge in [-0.15, -0.1) is 0 Å². The van der Waals surface area contributed by atoms with E-state index in [4.69, 9.17) is 0 Å². The van der Waals surface area contributed by atoms with E-state index in [1.807, 2.05) is 19.9 Å². The second-order valence-corrected chi connectivity index (χ2v) is 7.10. The summed E-state index contributed by atoms with van der Waals surface area (Å²) in [6.45, 7) is 4.30. The summed E-state index contributed by atoms with van der Waals surface area (Å²) in [4.78, 5) is 8.69. The molecule has 0 bridgehead atoms. The van der Waals surface area contributed by atoms with Crippen molar-refractivity contribution in [2.45, 2.75) is 39.2 Å². The topological polar surface area (TPSA) is 75.2 Å². The highest BCUT2D eigenvalue weighted by Gasteiger charge is 2.35. The first-order chi connectivity index (χ1) is 9.47. The zero-order valence-electron chi connectivity index (χ0n) is 12.3. The Morgan fingerprint density at radius 3 is 2.85 bits per heavy atom. The molecule has 1 aliphatic rings. The highest BCUT2D eigenvalue weighted by molar-refractivity contribution is 7.89. The van der Waals surface area contributed by atoms with E-state index in [-0.39, 0.29) is 11.8 Å². The predicted octanol–water partition coefficient (Wildman–Crippen LogP) is 1.70. The van der Waals surface area contributed by atoms with Crippen molar-refractivity contribution in [1.29, 1.82) is 0 Å². The molecule has 1 N–H and O–H groups in total. The van der Waals surface area contributed by atoms with Gasteiger partial charge in [-0.05, 0) is 26.2 Å². The zero-order valence-corrected chi connectivity index (χ0v) is 13.1. The average Bonchev–Trinajstić information content (AvgIpc) is 2.88. The normalized spacial score (nSPS) is 20.2. The number of rotatable bonds is 5. The maximum Gasteiger partial charge on any atom is 0.214 e. The van der Waals surface area contributed by atoms with Crippen LogP contribution >= 0.6 is 0 Å². The smallest absolute Gasteiger partial charge is 0.214 e. The third-order valence-corrected chi connectivity index (χ3v) is 5.55. The van der Waals surface area contributed by atoms with Crippen LogP contribution in [-0.4, -0.2) is 42.0 Å². The van der Waals surface area contributed by atoms with Crippen molar-refractivity contribution in [1.82, 2.24) is 14.3 Å². The molecule has 20 heavy (non-hydrogen) atoms. The van der Waals surface area contributed by atoms with Gasteiger partial charge in [0.1, 0.15) is 11.6 Å². The summed E-state index contributed by atoms with van der Waals surface area (Å²) in [5.41, 5.74) is 0.791. The quantitative estimate of drug-likeness (QED) is 0.895. The van der Waals surface area contributed by atoms with Crippen LogP contribution in [0.25, 0.3) is 0 Å². The minimum absolute atomic E-state index is 0.152. The predicted molar refractivity (Wildman–Crippen MR) is 79.1 cm³/mol. The fourth-order valence-electron chi connectivity index (χ4n) is 2.63. The number of sulfonamides is 1. The monoisotopic (exact) mass is 298 g/mol. The molecule has 1 saturated heterocycles. The van der Waals surface area contributed by atoms with Gasteiger partial charge in [0.2, 0.25) is 10.0 Å². The molecule has 1 fully saturated rings. The second kappa shape index (κ2) is 6.05. The van der Waals surface area contributed by atoms with Gasteiger partial charge in [0.05, 0.1) is 17.5 Å². The van der Waals surface area contributed by atoms with Gasteiger partial charge in [-0.3, -0.25) is 0 Å². The molecule has 1 aromatic rings. The summed E-state index contributed by atoms with van der Waals surface area (Å²) in [5, 5.41) is 2.99. The molecular formula is C13H22N4O2S. The number of nitrogens with zero attached hydrogens (tertiary/aromatic N) is 3. The Labute approximate surface area is 120 Å². The maximum atomic E-state index is 12.3. The van der Waals surface area contributed by atoms with E-state index in [0.29, 0.717) is 18.8 Å². The molecule has 7 heteroatoms. The van der Waals surface area contributed by atoms with Crippen molar-refractivity contribution in [2.75, 3.05) is 24.7 Å². The Morgan fingerprint density at radius 2 is 2.20 bits per heavy atom. The Kier molecular flexibility index (Phi) is 4.59. The van der Waals surface area contributed by atoms with Gasteiger partial charge in [-0.25, -0.2) is 18.4 Å². The largest absolute Gasteiger partial charge is 0.373 e. The van der Waals surface area contributed by atoms with Gasteiger partial charge in [-0.2, -0.15) is 4.31 Å². The molecule has 2 rings (SSSR count). The number of aryl methyl sites for hydroxylation is 1. The average molecular weight is 298 g/mol. The number of anilines is 1. The molecule has 0 aliphatic carbocycles. The fourth-order valence-corrected chi connectivity index (χ4v) is 4.39. The first-order valence-electron chi connectivity index (χ1n) is 7.00. The van der Waals surface area contributed by atoms with Crippen LogP contribution in [0.3, 0.4) is 0 Å². The van der Waals surface area contributed by atoms with Crippen molar-refractivity contribution >= 4 is 15.8 Å². The standard InChI is InChI=1S/C13H22N4O2S/c1-4-8-20(18,19)17-7-5-6-12(17)11-9-13(14-3)16-10(2)15-11/h9,12H,4-8H2,1-3H3,(H,14,15,16). The molecule has 1 aromatic heterocycles. The molecule has 112 valence electrons. The van der Waals surface area contributed by atoms with E-state index in [0.717, 1.165) is 24.4 Å². The lowest BCUT2D eigenvalue weighted by molar-refractivity contribution is 0.389. The molecular weight excluding hydrogens is 276 g/mol. The molecule has 0 saturated carbocycles. The number of hydrogen-bond acceptors (Lipinski definition) is 5. The van der Waals surface area contributed by atoms with Crippen LogP contribution in [0.2, 0.25) is 0 Å². The van der Waals surface area contributed by atoms with E-state index >= 15 is 0 Å². The van der Waals surface area contributed by atoms with Gasteiger partial charge in [-0.1, -0.05) is 6.92 Å². The molecule has 1 atom stereocenters. The molecule has 6 nitrogen and oxygen atoms in total. The van der Waals surface area contributed by atoms with Crippen LogP contribution in [0, 0.1) is 6.92 Å². The van der Waals surface area contributed by atoms with Crippen LogP contribution in [0.1, 0.15) is 43.7 Å². The molecule has 0 amide bonds. The number of nitrogens with one attached hydrogen (secondary N) is 1. The molecule has 1 unspecified atom stereocenters. The van der Waals surface area contributed by atoms with Crippen LogP contribution in [0.5, 0.6) is 0 Å². The van der Waals surface area contributed by atoms with Gasteiger partial charge < -0.3 is 5.32 Å². The van der Waals surface area contributed by atoms with Crippen LogP contribution in [-0.2, 0) is 10.0 Å². The Balaban J connectivity index is 2.34. The van der Waals surface area contributed by atoms with E-state index < -0.39 is 10.0 Å². The SMILES string of the molecule is CCCS(=O)(=O)N1CCCC1c1cc(NC)nc(C)n1. The van der Waals surface area contributed by atoms with Crippen molar-refractivity contribution in [2.24, 2.45) is 0 Å². The third-order valence-electron chi connectivity index (χ3n) is 3.48. The lowest BCUT2D eigenvalue weighted by atomic mass is 10.1. The highest BCUT2D eigenvalue weighted by Crippen LogP contribution is 2.34. The van der Waals surface area contributed by atoms with Gasteiger partial charge in [0, 0.05) is 19.7 Å². The molecule has 1 aliphatic heterocycles. The van der Waals surface area contributed by atoms with Crippen molar-refractivity contribution in [3.8, 4) is 0 Å². The molecule has 2 heterocycles. The van der Waals surface area contributed by atoms with Gasteiger partial charge in [0.25, 0.3) is 0 Å². The first-order valence-corrected chi connectivity index (χ1v) is 8.61. The molecule has 0 radical (unpaired) electrons. The van der Waals surface area contributed by atoms with E-state index in [1.54, 1.807) is 11.4 Å². The van der Waals surface area contributed by atoms with E-state index in [2.05, 4.69) is 15.3 Å². The summed E-state index contributed by atoms with van der Waals surface area (Å²) in [7, 11) is -1.39. The summed E-state index contributed by atoms with van der Waals surface area (Å²) >= 11 is 0. The Morgan fingerprint density at radius 1 is 1.45 bits per heavy atom. The second-order valence-electron chi connectivity index (χ2n) is 5.06. The number of aromatic nitrogens is 2. The van der Waals surface area contributed by atoms with Crippen molar-refractivity contribution in [3.63, 3.8) is 0 Å². The van der Waals surface area contributed by atoms with Crippen LogP contribution in [0.15, 0.2) is 6.07 Å². The van der Waals surface area contributed by atoms with Gasteiger partial charge >= 0.3 is 0 Å². The Bertz CT molecular complexity index is 574. The van der Waals surface area contributed by atoms with Crippen molar-refractivity contribution in [3.05, 3.63) is 17.6 Å². The fraction of sp³-hybridized carbons (Fsp3) is 0.692. The minimum atomic E-state index is -3.19. The summed E-state index contributed by atoms with van der Waals surface area (Å²) in [6.07, 6.45) is 2.34. The summed E-state index contributed by atoms with van der Waals surface area (Å²) in [5.74, 6) is 1.59. The maximum absolute atomic E-state index is 12.3. The van der Waals surface area contributed by atoms with E-state index in [1.165, 1.54) is 0 Å². The minimum Gasteiger partial charge on any atom is -0.373 e. The Hall–Kier alpha value is -1.21. The lowest BCUT2D eigenvalue weighted by Gasteiger charge is -2.24.